The highest BCUT2D eigenvalue weighted by molar-refractivity contribution is 5.79. The van der Waals surface area contributed by atoms with E-state index in [-0.39, 0.29) is 12.0 Å². The number of rotatable bonds is 9. The predicted octanol–water partition coefficient (Wildman–Crippen LogP) is 3.21. The van der Waals surface area contributed by atoms with Gasteiger partial charge in [-0.25, -0.2) is 0 Å². The largest absolute Gasteiger partial charge is 0.493 e. The van der Waals surface area contributed by atoms with Gasteiger partial charge in [-0.05, 0) is 49.6 Å². The Labute approximate surface area is 179 Å². The first-order valence-corrected chi connectivity index (χ1v) is 10.5. The maximum absolute atomic E-state index is 12.4. The molecule has 3 rings (SSSR count). The average Bonchev–Trinajstić information content (AvgIpc) is 2.73. The molecular weight excluding hydrogens is 380 g/mol. The number of carbonyl (C=O) groups is 1. The normalized spacial score (nSPS) is 13.6. The van der Waals surface area contributed by atoms with Crippen LogP contribution in [0.2, 0.25) is 0 Å². The van der Waals surface area contributed by atoms with Gasteiger partial charge in [-0.2, -0.15) is 0 Å². The van der Waals surface area contributed by atoms with Crippen LogP contribution in [0.25, 0.3) is 0 Å². The van der Waals surface area contributed by atoms with Crippen molar-refractivity contribution < 1.29 is 19.0 Å². The third-order valence-electron chi connectivity index (χ3n) is 5.23. The van der Waals surface area contributed by atoms with E-state index in [0.717, 1.165) is 48.9 Å². The fraction of sp³-hybridized carbons (Fsp3) is 0.458. The van der Waals surface area contributed by atoms with E-state index in [2.05, 4.69) is 22.3 Å². The Morgan fingerprint density at radius 1 is 1.07 bits per heavy atom. The SMILES string of the molecule is COc1cc2c(cc1OC)CN(CCNC(=O)Cc1ccccc1OC(C)C)CC2. The van der Waals surface area contributed by atoms with Gasteiger partial charge in [0.05, 0.1) is 26.7 Å². The Morgan fingerprint density at radius 2 is 1.77 bits per heavy atom. The molecule has 162 valence electrons. The minimum Gasteiger partial charge on any atom is -0.493 e. The van der Waals surface area contributed by atoms with Gasteiger partial charge in [0, 0.05) is 31.7 Å². The van der Waals surface area contributed by atoms with Crippen LogP contribution in [-0.2, 0) is 24.2 Å². The number of methoxy groups -OCH3 is 2. The van der Waals surface area contributed by atoms with Gasteiger partial charge in [0.2, 0.25) is 5.91 Å². The van der Waals surface area contributed by atoms with Gasteiger partial charge in [-0.1, -0.05) is 18.2 Å². The molecular formula is C24H32N2O4. The van der Waals surface area contributed by atoms with Crippen molar-refractivity contribution in [1.29, 1.82) is 0 Å². The van der Waals surface area contributed by atoms with E-state index in [9.17, 15) is 4.79 Å². The smallest absolute Gasteiger partial charge is 0.224 e. The molecule has 0 bridgehead atoms. The third-order valence-corrected chi connectivity index (χ3v) is 5.23. The number of para-hydroxylation sites is 1. The molecule has 0 aliphatic carbocycles. The number of benzene rings is 2. The van der Waals surface area contributed by atoms with Crippen molar-refractivity contribution in [2.24, 2.45) is 0 Å². The van der Waals surface area contributed by atoms with Crippen molar-refractivity contribution in [3.05, 3.63) is 53.1 Å². The van der Waals surface area contributed by atoms with Crippen LogP contribution in [0.15, 0.2) is 36.4 Å². The van der Waals surface area contributed by atoms with Crippen molar-refractivity contribution in [2.45, 2.75) is 39.3 Å². The summed E-state index contributed by atoms with van der Waals surface area (Å²) in [7, 11) is 3.32. The summed E-state index contributed by atoms with van der Waals surface area (Å²) in [6.45, 7) is 7.21. The summed E-state index contributed by atoms with van der Waals surface area (Å²) in [4.78, 5) is 14.8. The lowest BCUT2D eigenvalue weighted by molar-refractivity contribution is -0.120. The zero-order valence-corrected chi connectivity index (χ0v) is 18.4. The van der Waals surface area contributed by atoms with Crippen LogP contribution >= 0.6 is 0 Å². The minimum absolute atomic E-state index is 0.0126. The molecule has 6 nitrogen and oxygen atoms in total. The highest BCUT2D eigenvalue weighted by Gasteiger charge is 2.19. The Hall–Kier alpha value is -2.73. The number of hydrogen-bond donors (Lipinski definition) is 1. The summed E-state index contributed by atoms with van der Waals surface area (Å²) in [6.07, 6.45) is 1.36. The molecule has 0 saturated carbocycles. The van der Waals surface area contributed by atoms with Crippen molar-refractivity contribution in [3.63, 3.8) is 0 Å². The first-order chi connectivity index (χ1) is 14.5. The number of fused-ring (bicyclic) bond motifs is 1. The molecule has 1 amide bonds. The molecule has 0 unspecified atom stereocenters. The molecule has 0 fully saturated rings. The van der Waals surface area contributed by atoms with E-state index in [4.69, 9.17) is 14.2 Å². The van der Waals surface area contributed by atoms with Crippen LogP contribution in [0.5, 0.6) is 17.2 Å². The number of nitrogens with one attached hydrogen (secondary N) is 1. The second-order valence-electron chi connectivity index (χ2n) is 7.80. The van der Waals surface area contributed by atoms with Crippen LogP contribution < -0.4 is 19.5 Å². The molecule has 30 heavy (non-hydrogen) atoms. The molecule has 2 aromatic carbocycles. The zero-order valence-electron chi connectivity index (χ0n) is 18.4. The van der Waals surface area contributed by atoms with Gasteiger partial charge >= 0.3 is 0 Å². The predicted molar refractivity (Wildman–Crippen MR) is 117 cm³/mol. The summed E-state index contributed by atoms with van der Waals surface area (Å²) < 4.78 is 16.6. The van der Waals surface area contributed by atoms with E-state index in [1.165, 1.54) is 11.1 Å². The maximum Gasteiger partial charge on any atom is 0.224 e. The van der Waals surface area contributed by atoms with Gasteiger partial charge in [0.1, 0.15) is 5.75 Å². The van der Waals surface area contributed by atoms with Crippen molar-refractivity contribution in [3.8, 4) is 17.2 Å². The Kier molecular flexibility index (Phi) is 7.57. The Bertz CT molecular complexity index is 866. The van der Waals surface area contributed by atoms with Crippen LogP contribution in [0.4, 0.5) is 0 Å². The number of carbonyl (C=O) groups excluding carboxylic acids is 1. The Balaban J connectivity index is 1.50. The highest BCUT2D eigenvalue weighted by Crippen LogP contribution is 2.33. The van der Waals surface area contributed by atoms with Gasteiger partial charge in [0.25, 0.3) is 0 Å². The second-order valence-corrected chi connectivity index (χ2v) is 7.80. The number of ether oxygens (including phenoxy) is 3. The topological polar surface area (TPSA) is 60.0 Å². The second kappa shape index (κ2) is 10.3. The molecule has 0 aromatic heterocycles. The summed E-state index contributed by atoms with van der Waals surface area (Å²) in [6, 6.07) is 11.9. The lowest BCUT2D eigenvalue weighted by Crippen LogP contribution is -2.38. The minimum atomic E-state index is 0.0126. The van der Waals surface area contributed by atoms with Gasteiger partial charge in [-0.3, -0.25) is 9.69 Å². The average molecular weight is 413 g/mol. The van der Waals surface area contributed by atoms with Gasteiger partial charge < -0.3 is 19.5 Å². The fourth-order valence-corrected chi connectivity index (χ4v) is 3.74. The number of amides is 1. The molecule has 1 N–H and O–H groups in total. The first kappa shape index (κ1) is 22.0. The highest BCUT2D eigenvalue weighted by atomic mass is 16.5. The van der Waals surface area contributed by atoms with Gasteiger partial charge in [0.15, 0.2) is 11.5 Å². The van der Waals surface area contributed by atoms with E-state index in [0.29, 0.717) is 13.0 Å². The molecule has 2 aromatic rings. The monoisotopic (exact) mass is 412 g/mol. The molecule has 6 heteroatoms. The lowest BCUT2D eigenvalue weighted by atomic mass is 9.99. The van der Waals surface area contributed by atoms with Crippen LogP contribution in [0, 0.1) is 0 Å². The molecule has 1 aliphatic heterocycles. The molecule has 1 heterocycles. The molecule has 0 radical (unpaired) electrons. The van der Waals surface area contributed by atoms with E-state index >= 15 is 0 Å². The summed E-state index contributed by atoms with van der Waals surface area (Å²) in [5.74, 6) is 2.32. The Morgan fingerprint density at radius 3 is 2.47 bits per heavy atom. The van der Waals surface area contributed by atoms with Crippen molar-refractivity contribution in [2.75, 3.05) is 33.9 Å². The summed E-state index contributed by atoms with van der Waals surface area (Å²) in [5, 5.41) is 3.04. The van der Waals surface area contributed by atoms with E-state index < -0.39 is 0 Å². The van der Waals surface area contributed by atoms with Crippen molar-refractivity contribution >= 4 is 5.91 Å². The van der Waals surface area contributed by atoms with Gasteiger partial charge in [-0.15, -0.1) is 0 Å². The van der Waals surface area contributed by atoms with Crippen molar-refractivity contribution in [1.82, 2.24) is 10.2 Å². The summed E-state index contributed by atoms with van der Waals surface area (Å²) in [5.41, 5.74) is 3.47. The fourth-order valence-electron chi connectivity index (χ4n) is 3.74. The summed E-state index contributed by atoms with van der Waals surface area (Å²) >= 11 is 0. The number of nitrogens with zero attached hydrogens (tertiary/aromatic N) is 1. The maximum atomic E-state index is 12.4. The number of hydrogen-bond acceptors (Lipinski definition) is 5. The third kappa shape index (κ3) is 5.66. The quantitative estimate of drug-likeness (QED) is 0.685. The molecule has 0 saturated heterocycles. The van der Waals surface area contributed by atoms with Crippen LogP contribution in [0.3, 0.4) is 0 Å². The lowest BCUT2D eigenvalue weighted by Gasteiger charge is -2.29. The molecule has 0 spiro atoms. The van der Waals surface area contributed by atoms with E-state index in [1.807, 2.05) is 38.1 Å². The van der Waals surface area contributed by atoms with Crippen LogP contribution in [-0.4, -0.2) is 50.8 Å². The molecule has 1 aliphatic rings. The van der Waals surface area contributed by atoms with E-state index in [1.54, 1.807) is 14.2 Å². The zero-order chi connectivity index (χ0) is 21.5. The first-order valence-electron chi connectivity index (χ1n) is 10.5. The molecule has 0 atom stereocenters. The standard InChI is InChI=1S/C24H32N2O4/c1-17(2)30-21-8-6-5-7-19(21)15-24(27)25-10-12-26-11-9-18-13-22(28-3)23(29-4)14-20(18)16-26/h5-8,13-14,17H,9-12,15-16H2,1-4H3,(H,25,27). The van der Waals surface area contributed by atoms with Crippen LogP contribution in [0.1, 0.15) is 30.5 Å².